The summed E-state index contributed by atoms with van der Waals surface area (Å²) in [5.74, 6) is 1.06. The molecule has 2 bridgehead atoms. The minimum atomic E-state index is -0.237. The molecule has 0 atom stereocenters. The van der Waals surface area contributed by atoms with E-state index >= 15 is 0 Å². The minimum Gasteiger partial charge on any atom is -0.307 e. The van der Waals surface area contributed by atoms with E-state index in [0.29, 0.717) is 11.8 Å². The van der Waals surface area contributed by atoms with Crippen molar-refractivity contribution in [3.05, 3.63) is 60.4 Å². The Kier molecular flexibility index (Phi) is 2.86. The highest BCUT2D eigenvalue weighted by molar-refractivity contribution is 5.97. The SMILES string of the molecule is O=C(Nc1nnc(-c2ccncc2)[nH]1)C12CC(c3ccccc3)(C1)C2. The molecule has 3 aliphatic carbocycles. The quantitative estimate of drug-likeness (QED) is 0.770. The highest BCUT2D eigenvalue weighted by Crippen LogP contribution is 2.73. The summed E-state index contributed by atoms with van der Waals surface area (Å²) in [6.07, 6.45) is 6.14. The number of nitrogens with one attached hydrogen (secondary N) is 2. The zero-order chi connectivity index (χ0) is 16.9. The van der Waals surface area contributed by atoms with Gasteiger partial charge in [-0.1, -0.05) is 30.3 Å². The second-order valence-electron chi connectivity index (χ2n) is 7.17. The molecule has 3 aliphatic rings. The van der Waals surface area contributed by atoms with Gasteiger partial charge < -0.3 is 4.98 Å². The summed E-state index contributed by atoms with van der Waals surface area (Å²) in [6, 6.07) is 14.2. The first-order valence-corrected chi connectivity index (χ1v) is 8.39. The third-order valence-corrected chi connectivity index (χ3v) is 5.57. The van der Waals surface area contributed by atoms with Gasteiger partial charge >= 0.3 is 0 Å². The number of nitrogens with zero attached hydrogens (tertiary/aromatic N) is 3. The van der Waals surface area contributed by atoms with Crippen molar-refractivity contribution in [2.45, 2.75) is 24.7 Å². The summed E-state index contributed by atoms with van der Waals surface area (Å²) >= 11 is 0. The molecule has 0 radical (unpaired) electrons. The van der Waals surface area contributed by atoms with Crippen LogP contribution in [0.2, 0.25) is 0 Å². The summed E-state index contributed by atoms with van der Waals surface area (Å²) in [5.41, 5.74) is 2.21. The Morgan fingerprint density at radius 3 is 2.44 bits per heavy atom. The van der Waals surface area contributed by atoms with Gasteiger partial charge in [-0.15, -0.1) is 10.2 Å². The fourth-order valence-electron chi connectivity index (χ4n) is 4.32. The maximum atomic E-state index is 12.7. The zero-order valence-electron chi connectivity index (χ0n) is 13.6. The molecule has 6 rings (SSSR count). The van der Waals surface area contributed by atoms with Crippen LogP contribution in [-0.2, 0) is 10.2 Å². The molecule has 0 aliphatic heterocycles. The second kappa shape index (κ2) is 4.99. The molecule has 3 saturated carbocycles. The molecule has 25 heavy (non-hydrogen) atoms. The molecule has 1 aromatic carbocycles. The smallest absolute Gasteiger partial charge is 0.233 e. The molecule has 2 aromatic heterocycles. The van der Waals surface area contributed by atoms with Crippen LogP contribution in [0, 0.1) is 5.41 Å². The van der Waals surface area contributed by atoms with Crippen molar-refractivity contribution in [1.29, 1.82) is 0 Å². The van der Waals surface area contributed by atoms with Crippen LogP contribution in [0.3, 0.4) is 0 Å². The number of aromatic amines is 1. The number of carbonyl (C=O) groups excluding carboxylic acids is 1. The number of amides is 1. The topological polar surface area (TPSA) is 83.6 Å². The molecule has 3 aromatic rings. The number of carbonyl (C=O) groups is 1. The van der Waals surface area contributed by atoms with E-state index in [4.69, 9.17) is 0 Å². The lowest BCUT2D eigenvalue weighted by Crippen LogP contribution is -2.69. The van der Waals surface area contributed by atoms with Crippen molar-refractivity contribution < 1.29 is 4.79 Å². The standard InChI is InChI=1S/C19H17N5O/c25-16(19-10-18(11-19,12-19)14-4-2-1-3-5-14)22-17-21-15(23-24-17)13-6-8-20-9-7-13/h1-9H,10-12H2,(H2,21,22,23,24,25). The number of pyridine rings is 1. The van der Waals surface area contributed by atoms with E-state index in [-0.39, 0.29) is 16.7 Å². The van der Waals surface area contributed by atoms with E-state index in [9.17, 15) is 4.79 Å². The van der Waals surface area contributed by atoms with Crippen LogP contribution in [0.15, 0.2) is 54.9 Å². The van der Waals surface area contributed by atoms with Gasteiger partial charge in [-0.2, -0.15) is 0 Å². The predicted molar refractivity (Wildman–Crippen MR) is 92.6 cm³/mol. The number of hydrogen-bond donors (Lipinski definition) is 2. The van der Waals surface area contributed by atoms with Gasteiger partial charge in [0.2, 0.25) is 11.9 Å². The predicted octanol–water partition coefficient (Wildman–Crippen LogP) is 2.93. The van der Waals surface area contributed by atoms with Crippen LogP contribution in [-0.4, -0.2) is 26.1 Å². The third-order valence-electron chi connectivity index (χ3n) is 5.57. The Hall–Kier alpha value is -3.02. The Morgan fingerprint density at radius 2 is 1.72 bits per heavy atom. The first-order chi connectivity index (χ1) is 12.2. The fourth-order valence-corrected chi connectivity index (χ4v) is 4.32. The molecule has 6 nitrogen and oxygen atoms in total. The lowest BCUT2D eigenvalue weighted by Gasteiger charge is -2.69. The van der Waals surface area contributed by atoms with Crippen LogP contribution in [0.5, 0.6) is 0 Å². The van der Waals surface area contributed by atoms with Crippen LogP contribution in [0.25, 0.3) is 11.4 Å². The monoisotopic (exact) mass is 331 g/mol. The maximum absolute atomic E-state index is 12.7. The minimum absolute atomic E-state index is 0.0442. The molecule has 6 heteroatoms. The van der Waals surface area contributed by atoms with Crippen molar-refractivity contribution in [1.82, 2.24) is 20.2 Å². The largest absolute Gasteiger partial charge is 0.307 e. The first-order valence-electron chi connectivity index (χ1n) is 8.39. The number of anilines is 1. The van der Waals surface area contributed by atoms with E-state index in [1.165, 1.54) is 5.56 Å². The summed E-state index contributed by atoms with van der Waals surface area (Å²) < 4.78 is 0. The molecule has 2 heterocycles. The Balaban J connectivity index is 1.27. The van der Waals surface area contributed by atoms with E-state index in [1.54, 1.807) is 12.4 Å². The molecular formula is C19H17N5O. The normalized spacial score (nSPS) is 26.4. The number of aromatic nitrogens is 4. The number of H-pyrrole nitrogens is 1. The lowest BCUT2D eigenvalue weighted by molar-refractivity contribution is -0.170. The van der Waals surface area contributed by atoms with Crippen LogP contribution >= 0.6 is 0 Å². The lowest BCUT2D eigenvalue weighted by atomic mass is 9.33. The van der Waals surface area contributed by atoms with Crippen molar-refractivity contribution in [3.63, 3.8) is 0 Å². The molecule has 3 fully saturated rings. The maximum Gasteiger partial charge on any atom is 0.233 e. The average Bonchev–Trinajstić information content (AvgIpc) is 3.03. The highest BCUT2D eigenvalue weighted by atomic mass is 16.2. The van der Waals surface area contributed by atoms with Gasteiger partial charge in [-0.05, 0) is 42.4 Å². The van der Waals surface area contributed by atoms with Crippen LogP contribution in [0.4, 0.5) is 5.95 Å². The molecule has 1 amide bonds. The molecule has 2 N–H and O–H groups in total. The van der Waals surface area contributed by atoms with Crippen molar-refractivity contribution in [2.75, 3.05) is 5.32 Å². The van der Waals surface area contributed by atoms with Crippen LogP contribution < -0.4 is 5.32 Å². The third kappa shape index (κ3) is 2.10. The van der Waals surface area contributed by atoms with Gasteiger partial charge in [0.05, 0.1) is 5.41 Å². The summed E-state index contributed by atoms with van der Waals surface area (Å²) in [5, 5.41) is 11.0. The van der Waals surface area contributed by atoms with E-state index in [0.717, 1.165) is 24.8 Å². The molecular weight excluding hydrogens is 314 g/mol. The fraction of sp³-hybridized carbons (Fsp3) is 0.263. The van der Waals surface area contributed by atoms with Crippen molar-refractivity contribution in [2.24, 2.45) is 5.41 Å². The van der Waals surface area contributed by atoms with Gasteiger partial charge in [-0.25, -0.2) is 0 Å². The molecule has 124 valence electrons. The highest BCUT2D eigenvalue weighted by Gasteiger charge is 2.71. The van der Waals surface area contributed by atoms with Crippen molar-refractivity contribution >= 4 is 11.9 Å². The van der Waals surface area contributed by atoms with Gasteiger partial charge in [0, 0.05) is 18.0 Å². The first kappa shape index (κ1) is 14.3. The average molecular weight is 331 g/mol. The molecule has 0 unspecified atom stereocenters. The van der Waals surface area contributed by atoms with Gasteiger partial charge in [-0.3, -0.25) is 15.1 Å². The van der Waals surface area contributed by atoms with Gasteiger partial charge in [0.25, 0.3) is 0 Å². The van der Waals surface area contributed by atoms with Crippen molar-refractivity contribution in [3.8, 4) is 11.4 Å². The summed E-state index contributed by atoms with van der Waals surface area (Å²) in [6.45, 7) is 0. The Morgan fingerprint density at radius 1 is 1.00 bits per heavy atom. The number of hydrogen-bond acceptors (Lipinski definition) is 4. The second-order valence-corrected chi connectivity index (χ2v) is 7.17. The Bertz CT molecular complexity index is 915. The molecule has 0 saturated heterocycles. The summed E-state index contributed by atoms with van der Waals surface area (Å²) in [4.78, 5) is 19.7. The summed E-state index contributed by atoms with van der Waals surface area (Å²) in [7, 11) is 0. The van der Waals surface area contributed by atoms with Gasteiger partial charge in [0.15, 0.2) is 5.82 Å². The molecule has 0 spiro atoms. The van der Waals surface area contributed by atoms with Crippen LogP contribution in [0.1, 0.15) is 24.8 Å². The zero-order valence-corrected chi connectivity index (χ0v) is 13.6. The van der Waals surface area contributed by atoms with E-state index in [1.807, 2.05) is 18.2 Å². The van der Waals surface area contributed by atoms with E-state index < -0.39 is 0 Å². The number of rotatable bonds is 4. The van der Waals surface area contributed by atoms with Gasteiger partial charge in [0.1, 0.15) is 0 Å². The Labute approximate surface area is 144 Å². The number of benzene rings is 1. The van der Waals surface area contributed by atoms with E-state index in [2.05, 4.69) is 49.7 Å².